The molecule has 2 aliphatic rings. The highest BCUT2D eigenvalue weighted by Gasteiger charge is 2.56. The summed E-state index contributed by atoms with van der Waals surface area (Å²) in [4.78, 5) is 46.6. The molecule has 0 atom stereocenters. The normalized spacial score (nSPS) is 16.0. The van der Waals surface area contributed by atoms with Crippen LogP contribution >= 0.6 is 0 Å². The van der Waals surface area contributed by atoms with E-state index in [4.69, 9.17) is 4.74 Å². The topological polar surface area (TPSA) is 116 Å². The molecule has 2 heterocycles. The van der Waals surface area contributed by atoms with Gasteiger partial charge in [-0.25, -0.2) is 18.6 Å². The third-order valence-electron chi connectivity index (χ3n) is 7.63. The monoisotopic (exact) mass is 592 g/mol. The van der Waals surface area contributed by atoms with Crippen molar-refractivity contribution in [1.29, 1.82) is 0 Å². The van der Waals surface area contributed by atoms with Crippen molar-refractivity contribution in [2.45, 2.75) is 25.7 Å². The molecule has 0 radical (unpaired) electrons. The predicted molar refractivity (Wildman–Crippen MR) is 158 cm³/mol. The van der Waals surface area contributed by atoms with Gasteiger partial charge in [-0.15, -0.1) is 0 Å². The van der Waals surface area contributed by atoms with Crippen molar-refractivity contribution in [2.75, 3.05) is 49.7 Å². The molecule has 0 unspecified atom stereocenters. The van der Waals surface area contributed by atoms with Crippen molar-refractivity contribution in [3.05, 3.63) is 72.4 Å². The number of piperidine rings is 1. The van der Waals surface area contributed by atoms with Gasteiger partial charge in [0.05, 0.1) is 0 Å². The summed E-state index contributed by atoms with van der Waals surface area (Å²) < 4.78 is 33.8. The molecular weight excluding hydrogens is 558 g/mol. The van der Waals surface area contributed by atoms with Crippen LogP contribution in [0.2, 0.25) is 0 Å². The summed E-state index contributed by atoms with van der Waals surface area (Å²) >= 11 is 0. The number of likely N-dealkylation sites (tertiary alicyclic amines) is 1. The largest absolute Gasteiger partial charge is 0.454 e. The fourth-order valence-electron chi connectivity index (χ4n) is 5.07. The molecule has 2 fully saturated rings. The van der Waals surface area contributed by atoms with Crippen molar-refractivity contribution in [3.63, 3.8) is 0 Å². The minimum absolute atomic E-state index is 0.0976. The number of benzene rings is 2. The summed E-state index contributed by atoms with van der Waals surface area (Å²) in [6, 6.07) is 12.0. The molecule has 0 spiro atoms. The second-order valence-electron chi connectivity index (χ2n) is 11.2. The maximum absolute atomic E-state index is 15.0. The number of nitrogens with one attached hydrogen (secondary N) is 3. The minimum Gasteiger partial charge on any atom is -0.454 e. The Morgan fingerprint density at radius 3 is 2.21 bits per heavy atom. The smallest absolute Gasteiger partial charge is 0.323 e. The van der Waals surface area contributed by atoms with Gasteiger partial charge in [-0.2, -0.15) is 0 Å². The Bertz CT molecular complexity index is 1490. The molecule has 1 saturated heterocycles. The van der Waals surface area contributed by atoms with Crippen LogP contribution in [0.1, 0.15) is 25.7 Å². The summed E-state index contributed by atoms with van der Waals surface area (Å²) in [6.45, 7) is 2.32. The Morgan fingerprint density at radius 2 is 1.58 bits per heavy atom. The lowest BCUT2D eigenvalue weighted by Crippen LogP contribution is -2.42. The molecule has 12 heteroatoms. The van der Waals surface area contributed by atoms with Gasteiger partial charge in [0.2, 0.25) is 11.8 Å². The van der Waals surface area contributed by atoms with Crippen LogP contribution < -0.4 is 20.7 Å². The van der Waals surface area contributed by atoms with E-state index in [1.54, 1.807) is 4.90 Å². The molecule has 10 nitrogen and oxygen atoms in total. The molecule has 1 aromatic heterocycles. The number of hydrogen-bond acceptors (Lipinski definition) is 6. The quantitative estimate of drug-likeness (QED) is 0.290. The first-order chi connectivity index (χ1) is 20.6. The van der Waals surface area contributed by atoms with Gasteiger partial charge in [-0.3, -0.25) is 14.9 Å². The fraction of sp³-hybridized carbons (Fsp3) is 0.355. The van der Waals surface area contributed by atoms with Gasteiger partial charge in [-0.05, 0) is 88.2 Å². The van der Waals surface area contributed by atoms with Gasteiger partial charge in [0.25, 0.3) is 0 Å². The maximum Gasteiger partial charge on any atom is 0.323 e. The van der Waals surface area contributed by atoms with Crippen molar-refractivity contribution in [3.8, 4) is 11.5 Å². The Morgan fingerprint density at radius 1 is 0.930 bits per heavy atom. The molecule has 43 heavy (non-hydrogen) atoms. The van der Waals surface area contributed by atoms with E-state index < -0.39 is 28.9 Å². The molecule has 4 amide bonds. The number of anilines is 3. The van der Waals surface area contributed by atoms with Crippen LogP contribution in [-0.4, -0.2) is 66.4 Å². The summed E-state index contributed by atoms with van der Waals surface area (Å²) in [5.41, 5.74) is -0.745. The second-order valence-corrected chi connectivity index (χ2v) is 11.2. The van der Waals surface area contributed by atoms with Crippen LogP contribution in [0.15, 0.2) is 60.8 Å². The first kappa shape index (κ1) is 29.9. The van der Waals surface area contributed by atoms with Crippen LogP contribution in [0.4, 0.5) is 30.8 Å². The molecule has 3 aromatic rings. The van der Waals surface area contributed by atoms with E-state index in [-0.39, 0.29) is 29.0 Å². The van der Waals surface area contributed by atoms with Crippen molar-refractivity contribution < 1.29 is 27.9 Å². The van der Waals surface area contributed by atoms with Gasteiger partial charge in [0, 0.05) is 49.3 Å². The number of carbonyl (C=O) groups excluding carboxylic acids is 3. The Balaban J connectivity index is 1.15. The number of aromatic nitrogens is 1. The minimum atomic E-state index is -1.28. The van der Waals surface area contributed by atoms with Crippen molar-refractivity contribution in [2.24, 2.45) is 11.3 Å². The SMILES string of the molecule is CN(C)CC1CCN(C(=O)Nc2cc(Oc3ccc(NC(=O)C4(C(=O)Nc5ccc(F)cc5)CC4)cc3F)ccn2)CC1. The van der Waals surface area contributed by atoms with E-state index in [2.05, 4.69) is 25.8 Å². The Hall–Kier alpha value is -4.58. The van der Waals surface area contributed by atoms with E-state index >= 15 is 0 Å². The van der Waals surface area contributed by atoms with Gasteiger partial charge >= 0.3 is 6.03 Å². The van der Waals surface area contributed by atoms with Crippen molar-refractivity contribution >= 4 is 35.0 Å². The Labute approximate surface area is 248 Å². The first-order valence-corrected chi connectivity index (χ1v) is 14.1. The number of pyridine rings is 1. The predicted octanol–water partition coefficient (Wildman–Crippen LogP) is 5.32. The van der Waals surface area contributed by atoms with Crippen LogP contribution in [0.5, 0.6) is 11.5 Å². The third kappa shape index (κ3) is 7.44. The molecule has 0 bridgehead atoms. The van der Waals surface area contributed by atoms with Crippen LogP contribution in [0, 0.1) is 23.0 Å². The number of rotatable bonds is 9. The highest BCUT2D eigenvalue weighted by atomic mass is 19.1. The van der Waals surface area contributed by atoms with Gasteiger partial charge in [0.15, 0.2) is 11.6 Å². The molecule has 5 rings (SSSR count). The average molecular weight is 593 g/mol. The number of hydrogen-bond donors (Lipinski definition) is 3. The van der Waals surface area contributed by atoms with E-state index in [0.717, 1.165) is 25.5 Å². The lowest BCUT2D eigenvalue weighted by molar-refractivity contribution is -0.131. The standard InChI is InChI=1S/C31H34F2N6O4/c1-38(2)19-20-10-15-39(16-11-20)30(42)37-27-18-24(9-14-34-27)43-26-8-7-23(17-25(26)33)36-29(41)31(12-13-31)28(40)35-22-5-3-21(32)4-6-22/h3-9,14,17-18,20H,10-13,15-16,19H2,1-2H3,(H,35,40)(H,36,41)(H,34,37,42). The molecular formula is C31H34F2N6O4. The molecule has 1 saturated carbocycles. The summed E-state index contributed by atoms with van der Waals surface area (Å²) in [5, 5.41) is 8.02. The number of ether oxygens (including phenoxy) is 1. The zero-order valence-electron chi connectivity index (χ0n) is 24.0. The fourth-order valence-corrected chi connectivity index (χ4v) is 5.07. The first-order valence-electron chi connectivity index (χ1n) is 14.1. The lowest BCUT2D eigenvalue weighted by atomic mass is 9.97. The van der Waals surface area contributed by atoms with Crippen molar-refractivity contribution in [1.82, 2.24) is 14.8 Å². The third-order valence-corrected chi connectivity index (χ3v) is 7.63. The molecule has 2 aromatic carbocycles. The summed E-state index contributed by atoms with van der Waals surface area (Å²) in [5.74, 6) is -1.24. The molecule has 226 valence electrons. The number of urea groups is 1. The highest BCUT2D eigenvalue weighted by Crippen LogP contribution is 2.47. The van der Waals surface area contributed by atoms with E-state index in [9.17, 15) is 23.2 Å². The number of halogens is 2. The van der Waals surface area contributed by atoms with Gasteiger partial charge in [0.1, 0.15) is 22.8 Å². The maximum atomic E-state index is 15.0. The number of amides is 4. The average Bonchev–Trinajstić information content (AvgIpc) is 3.79. The summed E-state index contributed by atoms with van der Waals surface area (Å²) in [6.07, 6.45) is 3.99. The Kier molecular flexibility index (Phi) is 8.86. The number of carbonyl (C=O) groups is 3. The van der Waals surface area contributed by atoms with Crippen LogP contribution in [0.3, 0.4) is 0 Å². The zero-order valence-corrected chi connectivity index (χ0v) is 24.0. The van der Waals surface area contributed by atoms with Gasteiger partial charge < -0.3 is 25.2 Å². The molecule has 3 N–H and O–H groups in total. The molecule has 1 aliphatic heterocycles. The summed E-state index contributed by atoms with van der Waals surface area (Å²) in [7, 11) is 4.09. The van der Waals surface area contributed by atoms with Gasteiger partial charge in [-0.1, -0.05) is 0 Å². The zero-order chi connectivity index (χ0) is 30.6. The van der Waals surface area contributed by atoms with E-state index in [1.807, 2.05) is 14.1 Å². The lowest BCUT2D eigenvalue weighted by Gasteiger charge is -2.33. The van der Waals surface area contributed by atoms with E-state index in [0.29, 0.717) is 37.5 Å². The number of nitrogens with zero attached hydrogens (tertiary/aromatic N) is 3. The highest BCUT2D eigenvalue weighted by molar-refractivity contribution is 6.16. The second kappa shape index (κ2) is 12.7. The van der Waals surface area contributed by atoms with Crippen LogP contribution in [-0.2, 0) is 9.59 Å². The molecule has 1 aliphatic carbocycles. The van der Waals surface area contributed by atoms with Crippen LogP contribution in [0.25, 0.3) is 0 Å². The van der Waals surface area contributed by atoms with E-state index in [1.165, 1.54) is 54.7 Å².